The fraction of sp³-hybridized carbons (Fsp3) is 0.0526. The molecule has 1 unspecified atom stereocenters. The lowest BCUT2D eigenvalue weighted by Gasteiger charge is -2.23. The molecule has 2 aliphatic carbocycles. The zero-order valence-corrected chi connectivity index (χ0v) is 31.5. The van der Waals surface area contributed by atoms with Crippen LogP contribution in [0.15, 0.2) is 200 Å². The standard InChI is InChI=1S/C57H38/c1-2-13-36(14-3-1)37-25-27-38(28-26-37)56(54-33-40-16-5-7-18-44(40)47-21-10-11-22-49(47)54)43-30-29-42-34-55-53(51(42)35-43)32-41-17-6-9-20-46(41)57(55)50-24-12-23-48-45-19-8-4-15-39(45)31-52(48)50/h1-30,32-33,35,56H,31,34H2. The van der Waals surface area contributed by atoms with Gasteiger partial charge in [-0.3, -0.25) is 0 Å². The number of hydrogen-bond donors (Lipinski definition) is 0. The van der Waals surface area contributed by atoms with E-state index in [9.17, 15) is 0 Å². The van der Waals surface area contributed by atoms with E-state index in [2.05, 4.69) is 200 Å². The lowest BCUT2D eigenvalue weighted by atomic mass is 9.80. The van der Waals surface area contributed by atoms with Crippen LogP contribution in [0.4, 0.5) is 0 Å². The molecule has 0 aromatic heterocycles. The van der Waals surface area contributed by atoms with Crippen molar-refractivity contribution < 1.29 is 0 Å². The number of rotatable bonds is 5. The van der Waals surface area contributed by atoms with E-state index in [4.69, 9.17) is 0 Å². The Morgan fingerprint density at radius 3 is 1.75 bits per heavy atom. The molecule has 0 fully saturated rings. The lowest BCUT2D eigenvalue weighted by Crippen LogP contribution is -2.05. The molecule has 266 valence electrons. The topological polar surface area (TPSA) is 0 Å². The maximum atomic E-state index is 2.53. The molecule has 10 aromatic rings. The van der Waals surface area contributed by atoms with Gasteiger partial charge in [0.05, 0.1) is 0 Å². The fourth-order valence-corrected chi connectivity index (χ4v) is 10.3. The summed E-state index contributed by atoms with van der Waals surface area (Å²) in [6.45, 7) is 0. The number of benzene rings is 10. The van der Waals surface area contributed by atoms with Crippen molar-refractivity contribution in [2.75, 3.05) is 0 Å². The van der Waals surface area contributed by atoms with E-state index in [-0.39, 0.29) is 5.92 Å². The molecule has 0 amide bonds. The molecule has 12 rings (SSSR count). The Balaban J connectivity index is 1.07. The van der Waals surface area contributed by atoms with Crippen molar-refractivity contribution in [3.05, 3.63) is 239 Å². The predicted molar refractivity (Wildman–Crippen MR) is 240 cm³/mol. The largest absolute Gasteiger partial charge is 0.0622 e. The maximum Gasteiger partial charge on any atom is 0.0346 e. The first-order chi connectivity index (χ1) is 28.3. The Labute approximate surface area is 333 Å². The van der Waals surface area contributed by atoms with Crippen molar-refractivity contribution in [3.63, 3.8) is 0 Å². The van der Waals surface area contributed by atoms with Crippen molar-refractivity contribution in [3.8, 4) is 44.5 Å². The van der Waals surface area contributed by atoms with Gasteiger partial charge < -0.3 is 0 Å². The van der Waals surface area contributed by atoms with Crippen LogP contribution >= 0.6 is 0 Å². The second-order valence-corrected chi connectivity index (χ2v) is 15.9. The van der Waals surface area contributed by atoms with E-state index in [0.717, 1.165) is 12.8 Å². The van der Waals surface area contributed by atoms with Crippen molar-refractivity contribution >= 4 is 32.3 Å². The van der Waals surface area contributed by atoms with Crippen molar-refractivity contribution in [2.24, 2.45) is 0 Å². The van der Waals surface area contributed by atoms with Crippen LogP contribution < -0.4 is 0 Å². The first-order valence-electron chi connectivity index (χ1n) is 20.2. The van der Waals surface area contributed by atoms with Crippen LogP contribution in [0.1, 0.15) is 44.9 Å². The first-order valence-corrected chi connectivity index (χ1v) is 20.2. The molecular formula is C57H38. The minimum absolute atomic E-state index is 0.0366. The van der Waals surface area contributed by atoms with E-state index in [1.807, 2.05) is 0 Å². The molecule has 0 saturated heterocycles. The third-order valence-corrected chi connectivity index (χ3v) is 12.9. The van der Waals surface area contributed by atoms with Gasteiger partial charge in [0, 0.05) is 5.92 Å². The molecule has 0 bridgehead atoms. The fourth-order valence-electron chi connectivity index (χ4n) is 10.3. The van der Waals surface area contributed by atoms with Gasteiger partial charge in [0.1, 0.15) is 0 Å². The summed E-state index contributed by atoms with van der Waals surface area (Å²) in [4.78, 5) is 0. The molecule has 0 aliphatic heterocycles. The normalized spacial score (nSPS) is 13.1. The van der Waals surface area contributed by atoms with E-state index < -0.39 is 0 Å². The molecule has 0 heteroatoms. The first kappa shape index (κ1) is 32.2. The van der Waals surface area contributed by atoms with Gasteiger partial charge in [-0.1, -0.05) is 182 Å². The van der Waals surface area contributed by atoms with Crippen molar-refractivity contribution in [1.29, 1.82) is 0 Å². The molecule has 0 saturated carbocycles. The highest BCUT2D eigenvalue weighted by atomic mass is 14.3. The smallest absolute Gasteiger partial charge is 0.0346 e. The Hall–Kier alpha value is -7.02. The summed E-state index contributed by atoms with van der Waals surface area (Å²) in [6, 6.07) is 75.1. The molecular weight excluding hydrogens is 685 g/mol. The van der Waals surface area contributed by atoms with Gasteiger partial charge in [-0.15, -0.1) is 0 Å². The van der Waals surface area contributed by atoms with E-state index in [0.29, 0.717) is 0 Å². The minimum atomic E-state index is 0.0366. The second-order valence-electron chi connectivity index (χ2n) is 15.9. The lowest BCUT2D eigenvalue weighted by molar-refractivity contribution is 0.990. The van der Waals surface area contributed by atoms with Gasteiger partial charge >= 0.3 is 0 Å². The molecule has 0 radical (unpaired) electrons. The minimum Gasteiger partial charge on any atom is -0.0622 e. The number of hydrogen-bond acceptors (Lipinski definition) is 0. The van der Waals surface area contributed by atoms with E-state index in [1.54, 1.807) is 0 Å². The average Bonchev–Trinajstić information content (AvgIpc) is 3.84. The molecule has 2 aliphatic rings. The van der Waals surface area contributed by atoms with Crippen LogP contribution in [-0.2, 0) is 12.8 Å². The van der Waals surface area contributed by atoms with E-state index in [1.165, 1.54) is 116 Å². The molecule has 0 nitrogen and oxygen atoms in total. The van der Waals surface area contributed by atoms with Crippen LogP contribution in [0.3, 0.4) is 0 Å². The van der Waals surface area contributed by atoms with Crippen LogP contribution in [0.2, 0.25) is 0 Å². The van der Waals surface area contributed by atoms with E-state index >= 15 is 0 Å². The van der Waals surface area contributed by atoms with Crippen molar-refractivity contribution in [2.45, 2.75) is 18.8 Å². The molecule has 10 aromatic carbocycles. The monoisotopic (exact) mass is 722 g/mol. The molecule has 1 atom stereocenters. The van der Waals surface area contributed by atoms with Gasteiger partial charge in [0.15, 0.2) is 0 Å². The number of fused-ring (bicyclic) bond motifs is 10. The average molecular weight is 723 g/mol. The summed E-state index contributed by atoms with van der Waals surface area (Å²) in [5.74, 6) is 0.0366. The Morgan fingerprint density at radius 1 is 0.316 bits per heavy atom. The van der Waals surface area contributed by atoms with Gasteiger partial charge in [-0.25, -0.2) is 0 Å². The molecule has 0 spiro atoms. The summed E-state index contributed by atoms with van der Waals surface area (Å²) in [5, 5.41) is 7.82. The zero-order chi connectivity index (χ0) is 37.5. The summed E-state index contributed by atoms with van der Waals surface area (Å²) >= 11 is 0. The third-order valence-electron chi connectivity index (χ3n) is 12.9. The van der Waals surface area contributed by atoms with Gasteiger partial charge in [0.25, 0.3) is 0 Å². The van der Waals surface area contributed by atoms with Crippen LogP contribution in [0.5, 0.6) is 0 Å². The van der Waals surface area contributed by atoms with Crippen LogP contribution in [-0.4, -0.2) is 0 Å². The van der Waals surface area contributed by atoms with Crippen molar-refractivity contribution in [1.82, 2.24) is 0 Å². The highest BCUT2D eigenvalue weighted by Gasteiger charge is 2.30. The third kappa shape index (κ3) is 5.07. The second kappa shape index (κ2) is 12.8. The summed E-state index contributed by atoms with van der Waals surface area (Å²) in [6.07, 6.45) is 1.90. The van der Waals surface area contributed by atoms with Gasteiger partial charge in [-0.2, -0.15) is 0 Å². The van der Waals surface area contributed by atoms with Crippen LogP contribution in [0.25, 0.3) is 76.8 Å². The highest BCUT2D eigenvalue weighted by molar-refractivity contribution is 6.10. The molecule has 57 heavy (non-hydrogen) atoms. The van der Waals surface area contributed by atoms with Crippen LogP contribution in [0, 0.1) is 0 Å². The SMILES string of the molecule is c1ccc(-c2ccc(C(c3ccc4c(c3)-c3cc5ccccc5c(-c5cccc6c5Cc5ccccc5-6)c3C4)c3cc4ccccc4c4ccccc34)cc2)cc1. The molecule has 0 N–H and O–H groups in total. The summed E-state index contributed by atoms with van der Waals surface area (Å²) in [7, 11) is 0. The zero-order valence-electron chi connectivity index (χ0n) is 31.5. The maximum absolute atomic E-state index is 2.53. The predicted octanol–water partition coefficient (Wildman–Crippen LogP) is 14.8. The molecule has 0 heterocycles. The quantitative estimate of drug-likeness (QED) is 0.123. The Morgan fingerprint density at radius 2 is 0.912 bits per heavy atom. The summed E-state index contributed by atoms with van der Waals surface area (Å²) in [5.41, 5.74) is 20.4. The Kier molecular flexibility index (Phi) is 7.22. The van der Waals surface area contributed by atoms with Gasteiger partial charge in [0.2, 0.25) is 0 Å². The highest BCUT2D eigenvalue weighted by Crippen LogP contribution is 2.50. The van der Waals surface area contributed by atoms with Gasteiger partial charge in [-0.05, 0) is 147 Å². The summed E-state index contributed by atoms with van der Waals surface area (Å²) < 4.78 is 0. The Bertz CT molecular complexity index is 3220.